The summed E-state index contributed by atoms with van der Waals surface area (Å²) in [6.45, 7) is 4.06. The third-order valence-electron chi connectivity index (χ3n) is 7.53. The first-order valence-corrected chi connectivity index (χ1v) is 11.1. The Hall–Kier alpha value is -0.600. The molecular weight excluding hydrogens is 306 g/mol. The number of fused-ring (bicyclic) bond motifs is 1. The second-order valence-electron chi connectivity index (χ2n) is 9.15. The minimum atomic E-state index is -0.0843. The van der Waals surface area contributed by atoms with Crippen LogP contribution in [0.5, 0.6) is 0 Å². The van der Waals surface area contributed by atoms with Gasteiger partial charge < -0.3 is 10.0 Å². The van der Waals surface area contributed by atoms with Crippen LogP contribution in [0.2, 0.25) is 0 Å². The molecule has 4 unspecified atom stereocenters. The van der Waals surface area contributed by atoms with Crippen molar-refractivity contribution in [2.75, 3.05) is 19.6 Å². The molecule has 3 aliphatic carbocycles. The van der Waals surface area contributed by atoms with Crippen LogP contribution in [-0.2, 0) is 0 Å². The van der Waals surface area contributed by atoms with E-state index in [1.807, 2.05) is 0 Å². The van der Waals surface area contributed by atoms with Crippen LogP contribution in [0.3, 0.4) is 0 Å². The molecule has 0 radical (unpaired) electrons. The number of rotatable bonds is 4. The minimum Gasteiger partial charge on any atom is -0.393 e. The van der Waals surface area contributed by atoms with E-state index in [4.69, 9.17) is 0 Å². The quantitative estimate of drug-likeness (QED) is 0.769. The molecule has 1 saturated heterocycles. The Morgan fingerprint density at radius 1 is 0.920 bits per heavy atom. The highest BCUT2D eigenvalue weighted by atomic mass is 16.3. The maximum Gasteiger partial charge on any atom is 0.0577 e. The SMILES string of the molecule is OC1CCC/C(=C/C=C2\CCCC3C(CCN4CCCC4)CCC23)C1. The summed E-state index contributed by atoms with van der Waals surface area (Å²) >= 11 is 0. The average Bonchev–Trinajstić information content (AvgIpc) is 3.28. The molecule has 3 saturated carbocycles. The summed E-state index contributed by atoms with van der Waals surface area (Å²) in [4.78, 5) is 2.70. The van der Waals surface area contributed by atoms with Gasteiger partial charge in [0.2, 0.25) is 0 Å². The summed E-state index contributed by atoms with van der Waals surface area (Å²) in [6.07, 6.45) is 20.5. The summed E-state index contributed by atoms with van der Waals surface area (Å²) in [5.74, 6) is 2.83. The fourth-order valence-corrected chi connectivity index (χ4v) is 6.14. The lowest BCUT2D eigenvalue weighted by molar-refractivity contribution is 0.149. The van der Waals surface area contributed by atoms with Crippen LogP contribution in [0.1, 0.15) is 77.0 Å². The molecule has 25 heavy (non-hydrogen) atoms. The van der Waals surface area contributed by atoms with Gasteiger partial charge in [0.1, 0.15) is 0 Å². The zero-order valence-corrected chi connectivity index (χ0v) is 16.0. The van der Waals surface area contributed by atoms with Crippen molar-refractivity contribution in [3.05, 3.63) is 23.3 Å². The molecule has 0 aromatic rings. The number of hydrogen-bond donors (Lipinski definition) is 1. The normalized spacial score (nSPS) is 40.0. The standard InChI is InChI=1S/C23H37NO/c25-21-7-3-5-18(17-21)9-10-19-6-4-8-22-20(11-12-23(19)22)13-16-24-14-1-2-15-24/h9-10,20-23,25H,1-8,11-17H2/b18-9-,19-10+. The van der Waals surface area contributed by atoms with Crippen molar-refractivity contribution < 1.29 is 5.11 Å². The number of nitrogens with zero attached hydrogens (tertiary/aromatic N) is 1. The molecule has 2 heteroatoms. The van der Waals surface area contributed by atoms with E-state index in [9.17, 15) is 5.11 Å². The maximum absolute atomic E-state index is 9.88. The first-order chi connectivity index (χ1) is 12.3. The molecule has 1 aliphatic heterocycles. The zero-order valence-electron chi connectivity index (χ0n) is 16.0. The largest absolute Gasteiger partial charge is 0.393 e. The Kier molecular flexibility index (Phi) is 5.98. The van der Waals surface area contributed by atoms with Gasteiger partial charge in [0.05, 0.1) is 6.10 Å². The molecule has 4 fully saturated rings. The van der Waals surface area contributed by atoms with E-state index in [1.54, 1.807) is 5.57 Å². The van der Waals surface area contributed by atoms with Gasteiger partial charge in [-0.3, -0.25) is 0 Å². The number of likely N-dealkylation sites (tertiary alicyclic amines) is 1. The zero-order chi connectivity index (χ0) is 17.1. The van der Waals surface area contributed by atoms with Gasteiger partial charge >= 0.3 is 0 Å². The second kappa shape index (κ2) is 8.39. The van der Waals surface area contributed by atoms with Crippen molar-refractivity contribution in [2.45, 2.75) is 83.2 Å². The number of hydrogen-bond acceptors (Lipinski definition) is 2. The van der Waals surface area contributed by atoms with Gasteiger partial charge in [0, 0.05) is 0 Å². The monoisotopic (exact) mass is 343 g/mol. The van der Waals surface area contributed by atoms with Crippen molar-refractivity contribution in [1.29, 1.82) is 0 Å². The van der Waals surface area contributed by atoms with Gasteiger partial charge in [-0.15, -0.1) is 0 Å². The molecule has 1 heterocycles. The van der Waals surface area contributed by atoms with Gasteiger partial charge in [0.25, 0.3) is 0 Å². The van der Waals surface area contributed by atoms with Crippen molar-refractivity contribution >= 4 is 0 Å². The smallest absolute Gasteiger partial charge is 0.0577 e. The highest BCUT2D eigenvalue weighted by Gasteiger charge is 2.39. The maximum atomic E-state index is 9.88. The summed E-state index contributed by atoms with van der Waals surface area (Å²) in [5, 5.41) is 9.88. The van der Waals surface area contributed by atoms with E-state index in [-0.39, 0.29) is 6.10 Å². The molecule has 0 aromatic carbocycles. The predicted molar refractivity (Wildman–Crippen MR) is 104 cm³/mol. The van der Waals surface area contributed by atoms with Crippen molar-refractivity contribution in [3.8, 4) is 0 Å². The average molecular weight is 344 g/mol. The molecular formula is C23H37NO. The van der Waals surface area contributed by atoms with E-state index in [1.165, 1.54) is 89.4 Å². The van der Waals surface area contributed by atoms with Crippen LogP contribution in [0, 0.1) is 17.8 Å². The molecule has 4 rings (SSSR count). The summed E-state index contributed by atoms with van der Waals surface area (Å²) in [5.41, 5.74) is 3.23. The molecule has 140 valence electrons. The van der Waals surface area contributed by atoms with Gasteiger partial charge in [-0.2, -0.15) is 0 Å². The Bertz CT molecular complexity index is 502. The molecule has 4 aliphatic rings. The van der Waals surface area contributed by atoms with Gasteiger partial charge in [-0.25, -0.2) is 0 Å². The van der Waals surface area contributed by atoms with E-state index < -0.39 is 0 Å². The second-order valence-corrected chi connectivity index (χ2v) is 9.15. The van der Waals surface area contributed by atoms with E-state index in [0.29, 0.717) is 0 Å². The van der Waals surface area contributed by atoms with Crippen LogP contribution >= 0.6 is 0 Å². The molecule has 0 aromatic heterocycles. The summed E-state index contributed by atoms with van der Waals surface area (Å²) < 4.78 is 0. The Balaban J connectivity index is 1.35. The summed E-state index contributed by atoms with van der Waals surface area (Å²) in [6, 6.07) is 0. The third kappa shape index (κ3) is 4.39. The van der Waals surface area contributed by atoms with Gasteiger partial charge in [-0.05, 0) is 114 Å². The van der Waals surface area contributed by atoms with Gasteiger partial charge in [-0.1, -0.05) is 23.3 Å². The number of aliphatic hydroxyl groups is 1. The first-order valence-electron chi connectivity index (χ1n) is 11.1. The molecule has 1 N–H and O–H groups in total. The van der Waals surface area contributed by atoms with Crippen LogP contribution in [0.4, 0.5) is 0 Å². The molecule has 0 bridgehead atoms. The Morgan fingerprint density at radius 2 is 1.76 bits per heavy atom. The number of aliphatic hydroxyl groups excluding tert-OH is 1. The lowest BCUT2D eigenvalue weighted by Crippen LogP contribution is -2.26. The predicted octanol–water partition coefficient (Wildman–Crippen LogP) is 5.09. The Labute approximate surface area is 154 Å². The van der Waals surface area contributed by atoms with Crippen LogP contribution in [0.15, 0.2) is 23.3 Å². The van der Waals surface area contributed by atoms with Crippen LogP contribution < -0.4 is 0 Å². The lowest BCUT2D eigenvalue weighted by atomic mass is 9.74. The topological polar surface area (TPSA) is 23.5 Å². The third-order valence-corrected chi connectivity index (χ3v) is 7.53. The molecule has 4 atom stereocenters. The minimum absolute atomic E-state index is 0.0843. The lowest BCUT2D eigenvalue weighted by Gasteiger charge is -2.32. The van der Waals surface area contributed by atoms with Crippen molar-refractivity contribution in [1.82, 2.24) is 4.90 Å². The van der Waals surface area contributed by atoms with Crippen LogP contribution in [0.25, 0.3) is 0 Å². The fraction of sp³-hybridized carbons (Fsp3) is 0.826. The summed E-state index contributed by atoms with van der Waals surface area (Å²) in [7, 11) is 0. The van der Waals surface area contributed by atoms with E-state index in [0.717, 1.165) is 30.6 Å². The molecule has 0 amide bonds. The Morgan fingerprint density at radius 3 is 2.60 bits per heavy atom. The highest BCUT2D eigenvalue weighted by molar-refractivity contribution is 5.23. The van der Waals surface area contributed by atoms with Gasteiger partial charge in [0.15, 0.2) is 0 Å². The van der Waals surface area contributed by atoms with Crippen LogP contribution in [-0.4, -0.2) is 35.7 Å². The highest BCUT2D eigenvalue weighted by Crippen LogP contribution is 2.49. The fourth-order valence-electron chi connectivity index (χ4n) is 6.14. The van der Waals surface area contributed by atoms with E-state index >= 15 is 0 Å². The number of allylic oxidation sites excluding steroid dienone is 3. The van der Waals surface area contributed by atoms with Crippen molar-refractivity contribution in [2.24, 2.45) is 17.8 Å². The van der Waals surface area contributed by atoms with Crippen molar-refractivity contribution in [3.63, 3.8) is 0 Å². The first kappa shape index (κ1) is 17.8. The molecule has 2 nitrogen and oxygen atoms in total. The molecule has 0 spiro atoms. The van der Waals surface area contributed by atoms with E-state index in [2.05, 4.69) is 17.1 Å².